The number of aromatic nitrogens is 2. The third-order valence-electron chi connectivity index (χ3n) is 2.24. The zero-order chi connectivity index (χ0) is 10.1. The normalized spacial score (nSPS) is 10.8. The Balaban J connectivity index is 2.62. The van der Waals surface area contributed by atoms with Crippen LogP contribution < -0.4 is 0 Å². The minimum atomic E-state index is 0.621. The Morgan fingerprint density at radius 1 is 1.57 bits per heavy atom. The van der Waals surface area contributed by atoms with Crippen LogP contribution in [0.4, 0.5) is 0 Å². The number of halogens is 1. The van der Waals surface area contributed by atoms with Gasteiger partial charge in [0, 0.05) is 23.6 Å². The molecule has 0 fully saturated rings. The Morgan fingerprint density at radius 2 is 2.36 bits per heavy atom. The first-order valence-electron chi connectivity index (χ1n) is 4.48. The van der Waals surface area contributed by atoms with E-state index in [9.17, 15) is 0 Å². The molecule has 2 rings (SSSR count). The van der Waals surface area contributed by atoms with Gasteiger partial charge in [0.2, 0.25) is 0 Å². The number of nitrogens with zero attached hydrogens (tertiary/aromatic N) is 2. The van der Waals surface area contributed by atoms with Crippen LogP contribution >= 0.6 is 22.9 Å². The molecule has 0 atom stereocenters. The summed E-state index contributed by atoms with van der Waals surface area (Å²) >= 11 is 7.73. The van der Waals surface area contributed by atoms with Gasteiger partial charge in [0.1, 0.15) is 0 Å². The lowest BCUT2D eigenvalue weighted by atomic mass is 10.1. The molecule has 0 spiro atoms. The monoisotopic (exact) mass is 226 g/mol. The van der Waals surface area contributed by atoms with Crippen molar-refractivity contribution in [1.29, 1.82) is 0 Å². The van der Waals surface area contributed by atoms with Gasteiger partial charge in [-0.3, -0.25) is 4.68 Å². The van der Waals surface area contributed by atoms with Crippen LogP contribution in [0.5, 0.6) is 0 Å². The molecule has 14 heavy (non-hydrogen) atoms. The molecule has 0 aliphatic heterocycles. The average molecular weight is 227 g/mol. The fourth-order valence-corrected chi connectivity index (χ4v) is 2.59. The van der Waals surface area contributed by atoms with Crippen molar-refractivity contribution in [1.82, 2.24) is 9.78 Å². The van der Waals surface area contributed by atoms with Crippen LogP contribution in [0.2, 0.25) is 5.15 Å². The summed E-state index contributed by atoms with van der Waals surface area (Å²) in [5.74, 6) is 0. The largest absolute Gasteiger partial charge is 0.266 e. The van der Waals surface area contributed by atoms with Gasteiger partial charge in [-0.1, -0.05) is 18.5 Å². The molecule has 0 N–H and O–H groups in total. The minimum absolute atomic E-state index is 0.621. The maximum Gasteiger partial charge on any atom is 0.154 e. The van der Waals surface area contributed by atoms with Gasteiger partial charge in [-0.15, -0.1) is 0 Å². The van der Waals surface area contributed by atoms with Crippen molar-refractivity contribution in [3.05, 3.63) is 27.5 Å². The predicted octanol–water partition coefficient (Wildman–Crippen LogP) is 3.36. The molecule has 2 aromatic heterocycles. The van der Waals surface area contributed by atoms with Crippen molar-refractivity contribution in [2.75, 3.05) is 0 Å². The summed E-state index contributed by atoms with van der Waals surface area (Å²) in [6, 6.07) is 2.09. The third-order valence-corrected chi connectivity index (χ3v) is 3.23. The van der Waals surface area contributed by atoms with E-state index in [2.05, 4.69) is 28.8 Å². The lowest BCUT2D eigenvalue weighted by Crippen LogP contribution is -1.93. The van der Waals surface area contributed by atoms with E-state index in [1.165, 1.54) is 5.56 Å². The fourth-order valence-electron chi connectivity index (χ4n) is 1.61. The Morgan fingerprint density at radius 3 is 2.93 bits per heavy atom. The molecule has 0 aliphatic rings. The summed E-state index contributed by atoms with van der Waals surface area (Å²) in [7, 11) is 1.93. The van der Waals surface area contributed by atoms with Gasteiger partial charge >= 0.3 is 0 Å². The topological polar surface area (TPSA) is 17.8 Å². The van der Waals surface area contributed by atoms with Crippen LogP contribution in [0.3, 0.4) is 0 Å². The van der Waals surface area contributed by atoms with Gasteiger partial charge in [0.05, 0.1) is 5.69 Å². The maximum atomic E-state index is 6.04. The molecular formula is C10H11ClN2S. The summed E-state index contributed by atoms with van der Waals surface area (Å²) in [6.07, 6.45) is 0.915. The number of hydrogen-bond acceptors (Lipinski definition) is 2. The SMILES string of the molecule is CCc1c(Cl)nn(C)c1-c1ccsc1. The summed E-state index contributed by atoms with van der Waals surface area (Å²) in [5.41, 5.74) is 3.47. The molecule has 2 nitrogen and oxygen atoms in total. The molecule has 0 unspecified atom stereocenters. The van der Waals surface area contributed by atoms with E-state index >= 15 is 0 Å². The second kappa shape index (κ2) is 3.75. The van der Waals surface area contributed by atoms with Crippen LogP contribution in [-0.4, -0.2) is 9.78 Å². The first-order chi connectivity index (χ1) is 6.74. The number of thiophene rings is 1. The molecule has 74 valence electrons. The first-order valence-corrected chi connectivity index (χ1v) is 5.80. The van der Waals surface area contributed by atoms with Crippen LogP contribution in [0, 0.1) is 0 Å². The van der Waals surface area contributed by atoms with Crippen molar-refractivity contribution in [3.8, 4) is 11.3 Å². The summed E-state index contributed by atoms with van der Waals surface area (Å²) in [4.78, 5) is 0. The van der Waals surface area contributed by atoms with Crippen molar-refractivity contribution >= 4 is 22.9 Å². The molecular weight excluding hydrogens is 216 g/mol. The van der Waals surface area contributed by atoms with E-state index in [1.54, 1.807) is 11.3 Å². The maximum absolute atomic E-state index is 6.04. The van der Waals surface area contributed by atoms with Gasteiger partial charge in [-0.2, -0.15) is 16.4 Å². The quantitative estimate of drug-likeness (QED) is 0.768. The van der Waals surface area contributed by atoms with Crippen LogP contribution in [0.1, 0.15) is 12.5 Å². The summed E-state index contributed by atoms with van der Waals surface area (Å²) in [5, 5.41) is 9.03. The Labute approximate surface area is 92.1 Å². The van der Waals surface area contributed by atoms with Crippen LogP contribution in [0.15, 0.2) is 16.8 Å². The molecule has 0 bridgehead atoms. The lowest BCUT2D eigenvalue weighted by Gasteiger charge is -2.01. The van der Waals surface area contributed by atoms with Crippen molar-refractivity contribution in [2.24, 2.45) is 7.05 Å². The summed E-state index contributed by atoms with van der Waals surface area (Å²) < 4.78 is 1.85. The Bertz CT molecular complexity index is 431. The molecule has 2 aromatic rings. The second-order valence-electron chi connectivity index (χ2n) is 3.11. The molecule has 0 aliphatic carbocycles. The van der Waals surface area contributed by atoms with Crippen molar-refractivity contribution in [3.63, 3.8) is 0 Å². The molecule has 0 radical (unpaired) electrons. The molecule has 0 aromatic carbocycles. The van der Waals surface area contributed by atoms with E-state index in [-0.39, 0.29) is 0 Å². The number of aryl methyl sites for hydroxylation is 1. The smallest absolute Gasteiger partial charge is 0.154 e. The van der Waals surface area contributed by atoms with Gasteiger partial charge in [0.15, 0.2) is 5.15 Å². The lowest BCUT2D eigenvalue weighted by molar-refractivity contribution is 0.776. The van der Waals surface area contributed by atoms with Gasteiger partial charge < -0.3 is 0 Å². The van der Waals surface area contributed by atoms with Crippen LogP contribution in [-0.2, 0) is 13.5 Å². The van der Waals surface area contributed by atoms with E-state index in [1.807, 2.05) is 11.7 Å². The molecule has 0 saturated carbocycles. The Hall–Kier alpha value is -0.800. The van der Waals surface area contributed by atoms with Gasteiger partial charge in [-0.05, 0) is 17.9 Å². The summed E-state index contributed by atoms with van der Waals surface area (Å²) in [6.45, 7) is 2.10. The minimum Gasteiger partial charge on any atom is -0.266 e. The fraction of sp³-hybridized carbons (Fsp3) is 0.300. The number of rotatable bonds is 2. The molecule has 0 amide bonds. The highest BCUT2D eigenvalue weighted by molar-refractivity contribution is 7.08. The first kappa shape index (κ1) is 9.74. The molecule has 4 heteroatoms. The van der Waals surface area contributed by atoms with Crippen LogP contribution in [0.25, 0.3) is 11.3 Å². The highest BCUT2D eigenvalue weighted by Crippen LogP contribution is 2.30. The van der Waals surface area contributed by atoms with Gasteiger partial charge in [0.25, 0.3) is 0 Å². The van der Waals surface area contributed by atoms with Crippen molar-refractivity contribution < 1.29 is 0 Å². The van der Waals surface area contributed by atoms with Crippen molar-refractivity contribution in [2.45, 2.75) is 13.3 Å². The Kier molecular flexibility index (Phi) is 2.61. The zero-order valence-corrected chi connectivity index (χ0v) is 9.69. The standard InChI is InChI=1S/C10H11ClN2S/c1-3-8-9(7-4-5-14-6-7)13(2)12-10(8)11/h4-6H,3H2,1-2H3. The van der Waals surface area contributed by atoms with E-state index in [0.717, 1.165) is 17.7 Å². The second-order valence-corrected chi connectivity index (χ2v) is 4.25. The average Bonchev–Trinajstić information content (AvgIpc) is 2.72. The number of hydrogen-bond donors (Lipinski definition) is 0. The zero-order valence-electron chi connectivity index (χ0n) is 8.12. The third kappa shape index (κ3) is 1.47. The van der Waals surface area contributed by atoms with Gasteiger partial charge in [-0.25, -0.2) is 0 Å². The van der Waals surface area contributed by atoms with E-state index in [4.69, 9.17) is 11.6 Å². The highest BCUT2D eigenvalue weighted by atomic mass is 35.5. The van der Waals surface area contributed by atoms with E-state index in [0.29, 0.717) is 5.15 Å². The predicted molar refractivity (Wildman–Crippen MR) is 60.9 cm³/mol. The van der Waals surface area contributed by atoms with E-state index < -0.39 is 0 Å². The molecule has 0 saturated heterocycles. The molecule has 2 heterocycles. The highest BCUT2D eigenvalue weighted by Gasteiger charge is 2.14.